The van der Waals surface area contributed by atoms with E-state index in [2.05, 4.69) is 19.8 Å². The normalized spacial score (nSPS) is 20.6. The van der Waals surface area contributed by atoms with E-state index >= 15 is 0 Å². The maximum Gasteiger partial charge on any atom is 0.286 e. The van der Waals surface area contributed by atoms with Crippen LogP contribution >= 0.6 is 69.9 Å². The van der Waals surface area contributed by atoms with Crippen molar-refractivity contribution in [1.29, 1.82) is 0 Å². The molecule has 12 heteroatoms. The fourth-order valence-electron chi connectivity index (χ4n) is 3.68. The zero-order valence-electron chi connectivity index (χ0n) is 18.4. The van der Waals surface area contributed by atoms with Crippen LogP contribution in [0.3, 0.4) is 0 Å². The molecule has 0 radical (unpaired) electrons. The summed E-state index contributed by atoms with van der Waals surface area (Å²) in [6.07, 6.45) is 3.46. The van der Waals surface area contributed by atoms with Crippen LogP contribution in [0.25, 0.3) is 12.2 Å². The molecular formula is C24H16Cl4N4O2S2. The van der Waals surface area contributed by atoms with E-state index in [1.54, 1.807) is 48.6 Å². The van der Waals surface area contributed by atoms with Crippen LogP contribution in [0.1, 0.15) is 11.1 Å². The molecule has 2 aromatic carbocycles. The Hall–Kier alpha value is -1.94. The van der Waals surface area contributed by atoms with Crippen molar-refractivity contribution >= 4 is 104 Å². The minimum absolute atomic E-state index is 0.291. The Balaban J connectivity index is 1.20. The van der Waals surface area contributed by atoms with Crippen molar-refractivity contribution in [3.8, 4) is 0 Å². The van der Waals surface area contributed by atoms with Crippen LogP contribution in [0, 0.1) is 0 Å². The highest BCUT2D eigenvalue weighted by Gasteiger charge is 2.32. The van der Waals surface area contributed by atoms with Crippen LogP contribution in [0.5, 0.6) is 0 Å². The summed E-state index contributed by atoms with van der Waals surface area (Å²) >= 11 is 27.1. The number of hydrogen-bond acceptors (Lipinski definition) is 6. The molecule has 0 spiro atoms. The number of amidine groups is 2. The van der Waals surface area contributed by atoms with Gasteiger partial charge in [0.2, 0.25) is 0 Å². The van der Waals surface area contributed by atoms with Gasteiger partial charge in [-0.1, -0.05) is 58.5 Å². The lowest BCUT2D eigenvalue weighted by Gasteiger charge is -2.35. The van der Waals surface area contributed by atoms with E-state index in [4.69, 9.17) is 46.4 Å². The summed E-state index contributed by atoms with van der Waals surface area (Å²) in [7, 11) is 0. The third-order valence-electron chi connectivity index (χ3n) is 5.54. The van der Waals surface area contributed by atoms with Crippen molar-refractivity contribution in [3.63, 3.8) is 0 Å². The molecule has 2 aromatic rings. The molecule has 0 aromatic heterocycles. The summed E-state index contributed by atoms with van der Waals surface area (Å²) < 4.78 is 0. The number of rotatable bonds is 2. The van der Waals surface area contributed by atoms with Crippen LogP contribution in [0.2, 0.25) is 20.1 Å². The van der Waals surface area contributed by atoms with Gasteiger partial charge in [-0.25, -0.2) is 0 Å². The van der Waals surface area contributed by atoms with Gasteiger partial charge in [0, 0.05) is 46.3 Å². The van der Waals surface area contributed by atoms with Crippen LogP contribution in [-0.4, -0.2) is 58.1 Å². The van der Waals surface area contributed by atoms with E-state index in [-0.39, 0.29) is 11.8 Å². The van der Waals surface area contributed by atoms with Crippen molar-refractivity contribution in [3.05, 3.63) is 77.4 Å². The lowest BCUT2D eigenvalue weighted by molar-refractivity contribution is -0.114. The van der Waals surface area contributed by atoms with Crippen LogP contribution < -0.4 is 0 Å². The van der Waals surface area contributed by atoms with Crippen LogP contribution in [0.4, 0.5) is 0 Å². The molecule has 6 nitrogen and oxygen atoms in total. The highest BCUT2D eigenvalue weighted by Crippen LogP contribution is 2.35. The van der Waals surface area contributed by atoms with Gasteiger partial charge in [0.05, 0.1) is 9.81 Å². The molecule has 3 heterocycles. The number of carbonyl (C=O) groups excluding carboxylic acids is 2. The Labute approximate surface area is 236 Å². The van der Waals surface area contributed by atoms with Crippen molar-refractivity contribution < 1.29 is 9.59 Å². The molecule has 184 valence electrons. The van der Waals surface area contributed by atoms with Crippen molar-refractivity contribution in [2.45, 2.75) is 0 Å². The molecule has 2 amide bonds. The van der Waals surface area contributed by atoms with Crippen LogP contribution in [0.15, 0.2) is 56.2 Å². The van der Waals surface area contributed by atoms with Gasteiger partial charge in [-0.2, -0.15) is 9.98 Å². The minimum atomic E-state index is -0.291. The maximum atomic E-state index is 12.5. The fourth-order valence-corrected chi connectivity index (χ4v) is 6.51. The van der Waals surface area contributed by atoms with Crippen molar-refractivity contribution in [1.82, 2.24) is 9.80 Å². The number of nitrogens with zero attached hydrogens (tertiary/aromatic N) is 4. The number of hydrogen-bond donors (Lipinski definition) is 0. The van der Waals surface area contributed by atoms with E-state index in [1.807, 2.05) is 0 Å². The van der Waals surface area contributed by atoms with E-state index in [1.165, 1.54) is 23.5 Å². The van der Waals surface area contributed by atoms with Gasteiger partial charge in [0.25, 0.3) is 11.8 Å². The van der Waals surface area contributed by atoms with Gasteiger partial charge in [0.15, 0.2) is 10.3 Å². The zero-order valence-corrected chi connectivity index (χ0v) is 23.0. The summed E-state index contributed by atoms with van der Waals surface area (Å²) in [6, 6.07) is 10.3. The van der Waals surface area contributed by atoms with Gasteiger partial charge in [-0.15, -0.1) is 0 Å². The minimum Gasteiger partial charge on any atom is -0.347 e. The molecule has 0 aliphatic carbocycles. The van der Waals surface area contributed by atoms with E-state index in [0.29, 0.717) is 77.5 Å². The number of amides is 2. The molecular weight excluding hydrogens is 582 g/mol. The van der Waals surface area contributed by atoms with Gasteiger partial charge >= 0.3 is 0 Å². The summed E-state index contributed by atoms with van der Waals surface area (Å²) in [4.78, 5) is 38.6. The monoisotopic (exact) mass is 596 g/mol. The number of carbonyl (C=O) groups is 2. The molecule has 0 saturated carbocycles. The highest BCUT2D eigenvalue weighted by atomic mass is 35.5. The molecule has 36 heavy (non-hydrogen) atoms. The Morgan fingerprint density at radius 3 is 1.42 bits per heavy atom. The molecule has 3 aliphatic rings. The lowest BCUT2D eigenvalue weighted by atomic mass is 10.2. The zero-order chi connectivity index (χ0) is 25.4. The summed E-state index contributed by atoms with van der Waals surface area (Å²) in [6.45, 7) is 2.57. The molecule has 0 N–H and O–H groups in total. The fraction of sp³-hybridized carbons (Fsp3) is 0.167. The predicted molar refractivity (Wildman–Crippen MR) is 152 cm³/mol. The van der Waals surface area contributed by atoms with Crippen molar-refractivity contribution in [2.75, 3.05) is 26.2 Å². The standard InChI is InChI=1S/C24H16Cl4N4O2S2/c25-15-3-1-13(17(27)11-15)9-19-21(33)29-23(35-19)31-5-7-32(8-6-31)24-30-22(34)20(36-24)10-14-2-4-16(26)12-18(14)28/h1-4,9-12H,5-8H2. The average molecular weight is 598 g/mol. The first-order chi connectivity index (χ1) is 17.3. The lowest BCUT2D eigenvalue weighted by Crippen LogP contribution is -2.49. The first-order valence-corrected chi connectivity index (χ1v) is 13.9. The molecule has 5 rings (SSSR count). The van der Waals surface area contributed by atoms with E-state index < -0.39 is 0 Å². The Morgan fingerprint density at radius 1 is 0.667 bits per heavy atom. The quantitative estimate of drug-likeness (QED) is 0.365. The number of aliphatic imine (C=N–C) groups is 2. The van der Waals surface area contributed by atoms with Crippen LogP contribution in [-0.2, 0) is 9.59 Å². The largest absolute Gasteiger partial charge is 0.347 e. The first kappa shape index (κ1) is 25.7. The molecule has 1 fully saturated rings. The number of halogens is 4. The molecule has 0 bridgehead atoms. The summed E-state index contributed by atoms with van der Waals surface area (Å²) in [5.74, 6) is -0.583. The van der Waals surface area contributed by atoms with Gasteiger partial charge in [-0.3, -0.25) is 9.59 Å². The topological polar surface area (TPSA) is 65.3 Å². The Kier molecular flexibility index (Phi) is 7.72. The predicted octanol–water partition coefficient (Wildman–Crippen LogP) is 6.56. The average Bonchev–Trinajstić information content (AvgIpc) is 3.40. The van der Waals surface area contributed by atoms with E-state index in [0.717, 1.165) is 0 Å². The Bertz CT molecular complexity index is 1290. The first-order valence-electron chi connectivity index (χ1n) is 10.7. The molecule has 0 atom stereocenters. The smallest absolute Gasteiger partial charge is 0.286 e. The second-order valence-corrected chi connectivity index (χ2v) is 11.6. The SMILES string of the molecule is O=C1N=C(N2CCN(C3=NC(=O)C(=Cc4ccc(Cl)cc4Cl)S3)CC2)SC1=Cc1ccc(Cl)cc1Cl. The van der Waals surface area contributed by atoms with E-state index in [9.17, 15) is 9.59 Å². The third kappa shape index (κ3) is 5.64. The Morgan fingerprint density at radius 2 is 1.06 bits per heavy atom. The summed E-state index contributed by atoms with van der Waals surface area (Å²) in [5.41, 5.74) is 1.42. The molecule has 3 aliphatic heterocycles. The van der Waals surface area contributed by atoms with Gasteiger partial charge in [0.1, 0.15) is 0 Å². The second-order valence-electron chi connectivity index (χ2n) is 7.93. The van der Waals surface area contributed by atoms with Gasteiger partial charge < -0.3 is 9.80 Å². The highest BCUT2D eigenvalue weighted by molar-refractivity contribution is 8.18. The van der Waals surface area contributed by atoms with Gasteiger partial charge in [-0.05, 0) is 71.1 Å². The second kappa shape index (κ2) is 10.8. The maximum absolute atomic E-state index is 12.5. The molecule has 0 unspecified atom stereocenters. The third-order valence-corrected chi connectivity index (χ3v) is 8.75. The number of benzene rings is 2. The molecule has 1 saturated heterocycles. The number of thioether (sulfide) groups is 2. The van der Waals surface area contributed by atoms with Crippen molar-refractivity contribution in [2.24, 2.45) is 9.98 Å². The number of piperazine rings is 1. The summed E-state index contributed by atoms with van der Waals surface area (Å²) in [5, 5.41) is 3.33.